The number of aromatic carboxylic acids is 1. The number of fused-ring (bicyclic) bond motifs is 3. The number of aromatic amines is 1. The molecule has 0 aliphatic carbocycles. The molecule has 0 spiro atoms. The Morgan fingerprint density at radius 3 is 2.39 bits per heavy atom. The first-order valence-corrected chi connectivity index (χ1v) is 20.9. The average molecular weight is 792 g/mol. The SMILES string of the molecule is CN1CCCn2c(C(=O)O)c(CCCOc3cccc4ccccc34)c3cccc(c32)-c2c(COc3ccc(N4CCN(S(=O)(=O)N(C)C)CC4)cc3)n[nH]c2C1. The van der Waals surface area contributed by atoms with Crippen molar-refractivity contribution in [2.75, 3.05) is 65.4 Å². The zero-order valence-electron chi connectivity index (χ0n) is 32.6. The largest absolute Gasteiger partial charge is 0.493 e. The van der Waals surface area contributed by atoms with Gasteiger partial charge in [-0.3, -0.25) is 5.10 Å². The van der Waals surface area contributed by atoms with Crippen LogP contribution in [0.4, 0.5) is 5.69 Å². The van der Waals surface area contributed by atoms with Crippen LogP contribution in [0.5, 0.6) is 11.5 Å². The molecular formula is C43H49N7O6S. The van der Waals surface area contributed by atoms with Crippen molar-refractivity contribution in [3.05, 3.63) is 108 Å². The van der Waals surface area contributed by atoms with Crippen LogP contribution in [0.15, 0.2) is 84.9 Å². The van der Waals surface area contributed by atoms with Crippen molar-refractivity contribution < 1.29 is 27.8 Å². The van der Waals surface area contributed by atoms with Crippen LogP contribution in [0.1, 0.15) is 40.3 Å². The number of benzene rings is 4. The number of aryl methyl sites for hydroxylation is 2. The highest BCUT2D eigenvalue weighted by Crippen LogP contribution is 2.39. The molecule has 0 amide bonds. The fourth-order valence-corrected chi connectivity index (χ4v) is 9.36. The van der Waals surface area contributed by atoms with E-state index in [1.807, 2.05) is 65.2 Å². The van der Waals surface area contributed by atoms with Crippen molar-refractivity contribution in [1.29, 1.82) is 0 Å². The van der Waals surface area contributed by atoms with Crippen LogP contribution in [0.3, 0.4) is 0 Å². The van der Waals surface area contributed by atoms with Gasteiger partial charge in [-0.05, 0) is 74.1 Å². The molecule has 13 nitrogen and oxygen atoms in total. The lowest BCUT2D eigenvalue weighted by Crippen LogP contribution is -2.51. The lowest BCUT2D eigenvalue weighted by molar-refractivity contribution is 0.0683. The minimum absolute atomic E-state index is 0.206. The molecule has 6 aromatic rings. The molecule has 2 aromatic heterocycles. The Balaban J connectivity index is 1.04. The summed E-state index contributed by atoms with van der Waals surface area (Å²) in [6, 6.07) is 28.2. The number of anilines is 1. The van der Waals surface area contributed by atoms with Gasteiger partial charge in [0.05, 0.1) is 17.8 Å². The lowest BCUT2D eigenvalue weighted by Gasteiger charge is -2.36. The molecule has 2 aliphatic heterocycles. The summed E-state index contributed by atoms with van der Waals surface area (Å²) in [4.78, 5) is 17.5. The van der Waals surface area contributed by atoms with Gasteiger partial charge in [0.25, 0.3) is 10.2 Å². The van der Waals surface area contributed by atoms with Crippen molar-refractivity contribution >= 4 is 43.5 Å². The van der Waals surface area contributed by atoms with Gasteiger partial charge in [0, 0.05) is 81.0 Å². The zero-order valence-corrected chi connectivity index (χ0v) is 33.5. The van der Waals surface area contributed by atoms with Gasteiger partial charge in [-0.25, -0.2) is 4.79 Å². The highest BCUT2D eigenvalue weighted by atomic mass is 32.2. The van der Waals surface area contributed by atoms with E-state index in [1.165, 1.54) is 8.61 Å². The van der Waals surface area contributed by atoms with Gasteiger partial charge in [-0.1, -0.05) is 54.6 Å². The maximum atomic E-state index is 13.1. The Hall–Kier alpha value is -5.41. The number of hydrogen-bond acceptors (Lipinski definition) is 8. The first-order valence-electron chi connectivity index (χ1n) is 19.5. The molecule has 2 N–H and O–H groups in total. The van der Waals surface area contributed by atoms with Crippen LogP contribution < -0.4 is 14.4 Å². The molecule has 4 aromatic carbocycles. The summed E-state index contributed by atoms with van der Waals surface area (Å²) in [5.41, 5.74) is 6.59. The fourth-order valence-electron chi connectivity index (χ4n) is 8.27. The number of aromatic nitrogens is 3. The van der Waals surface area contributed by atoms with Crippen molar-refractivity contribution in [3.63, 3.8) is 0 Å². The summed E-state index contributed by atoms with van der Waals surface area (Å²) < 4.78 is 42.5. The Morgan fingerprint density at radius 2 is 1.61 bits per heavy atom. The van der Waals surface area contributed by atoms with Gasteiger partial charge in [-0.2, -0.15) is 22.1 Å². The van der Waals surface area contributed by atoms with E-state index in [0.29, 0.717) is 70.2 Å². The number of nitrogens with zero attached hydrogens (tertiary/aromatic N) is 6. The molecule has 298 valence electrons. The summed E-state index contributed by atoms with van der Waals surface area (Å²) in [5, 5.41) is 21.9. The van der Waals surface area contributed by atoms with E-state index >= 15 is 0 Å². The number of carboxylic acids is 1. The molecule has 4 heterocycles. The molecule has 1 saturated heterocycles. The quantitative estimate of drug-likeness (QED) is 0.138. The van der Waals surface area contributed by atoms with Gasteiger partial charge in [0.2, 0.25) is 0 Å². The summed E-state index contributed by atoms with van der Waals surface area (Å²) in [5.74, 6) is 0.571. The monoisotopic (exact) mass is 791 g/mol. The normalized spacial score (nSPS) is 15.6. The highest BCUT2D eigenvalue weighted by Gasteiger charge is 2.30. The first-order chi connectivity index (χ1) is 27.6. The summed E-state index contributed by atoms with van der Waals surface area (Å²) in [7, 11) is 1.75. The number of piperazine rings is 1. The second kappa shape index (κ2) is 16.2. The Bertz CT molecular complexity index is 2500. The summed E-state index contributed by atoms with van der Waals surface area (Å²) in [6.45, 7) is 4.70. The summed E-state index contributed by atoms with van der Waals surface area (Å²) in [6.07, 6.45) is 1.99. The zero-order chi connectivity index (χ0) is 39.7. The topological polar surface area (TPSA) is 136 Å². The summed E-state index contributed by atoms with van der Waals surface area (Å²) >= 11 is 0. The minimum Gasteiger partial charge on any atom is -0.493 e. The van der Waals surface area contributed by atoms with Crippen molar-refractivity contribution in [3.8, 4) is 22.6 Å². The van der Waals surface area contributed by atoms with Crippen molar-refractivity contribution in [1.82, 2.24) is 28.3 Å². The van der Waals surface area contributed by atoms with E-state index in [0.717, 1.165) is 74.2 Å². The van der Waals surface area contributed by atoms with Gasteiger partial charge in [0.1, 0.15) is 29.5 Å². The molecule has 0 saturated carbocycles. The second-order valence-corrected chi connectivity index (χ2v) is 17.1. The van der Waals surface area contributed by atoms with Crippen LogP contribution in [-0.2, 0) is 36.3 Å². The molecule has 0 bridgehead atoms. The van der Waals surface area contributed by atoms with Gasteiger partial charge >= 0.3 is 5.97 Å². The van der Waals surface area contributed by atoms with Crippen LogP contribution >= 0.6 is 0 Å². The molecule has 0 atom stereocenters. The number of carboxylic acid groups (broad SMARTS) is 1. The van der Waals surface area contributed by atoms with Crippen LogP contribution in [-0.4, -0.2) is 108 Å². The Kier molecular flexibility index (Phi) is 10.9. The first kappa shape index (κ1) is 38.5. The smallest absolute Gasteiger partial charge is 0.352 e. The van der Waals surface area contributed by atoms with Crippen LogP contribution in [0.25, 0.3) is 32.8 Å². The van der Waals surface area contributed by atoms with E-state index in [9.17, 15) is 18.3 Å². The Morgan fingerprint density at radius 1 is 0.877 bits per heavy atom. The fraction of sp³-hybridized carbons (Fsp3) is 0.349. The van der Waals surface area contributed by atoms with Gasteiger partial charge in [0.15, 0.2) is 0 Å². The molecule has 14 heteroatoms. The van der Waals surface area contributed by atoms with E-state index in [-0.39, 0.29) is 6.61 Å². The molecule has 2 aliphatic rings. The third-order valence-electron chi connectivity index (χ3n) is 11.1. The van der Waals surface area contributed by atoms with Gasteiger partial charge in [-0.15, -0.1) is 0 Å². The predicted molar refractivity (Wildman–Crippen MR) is 222 cm³/mol. The molecular weight excluding hydrogens is 743 g/mol. The highest BCUT2D eigenvalue weighted by molar-refractivity contribution is 7.86. The predicted octanol–water partition coefficient (Wildman–Crippen LogP) is 6.24. The van der Waals surface area contributed by atoms with Crippen LogP contribution in [0.2, 0.25) is 0 Å². The number of para-hydroxylation sites is 1. The maximum absolute atomic E-state index is 13.1. The van der Waals surface area contributed by atoms with Gasteiger partial charge < -0.3 is 28.9 Å². The average Bonchev–Trinajstić information content (AvgIpc) is 3.76. The van der Waals surface area contributed by atoms with E-state index in [4.69, 9.17) is 14.6 Å². The number of nitrogens with one attached hydrogen (secondary N) is 1. The van der Waals surface area contributed by atoms with Crippen LogP contribution in [0, 0.1) is 0 Å². The second-order valence-electron chi connectivity index (χ2n) is 15.0. The third kappa shape index (κ3) is 7.69. The number of H-pyrrole nitrogens is 1. The van der Waals surface area contributed by atoms with E-state index < -0.39 is 16.2 Å². The molecule has 57 heavy (non-hydrogen) atoms. The number of carbonyl (C=O) groups is 1. The minimum atomic E-state index is -3.44. The molecule has 0 unspecified atom stereocenters. The van der Waals surface area contributed by atoms with Crippen molar-refractivity contribution in [2.24, 2.45) is 0 Å². The lowest BCUT2D eigenvalue weighted by atomic mass is 9.97. The number of rotatable bonds is 12. The van der Waals surface area contributed by atoms with E-state index in [2.05, 4.69) is 46.2 Å². The molecule has 1 fully saturated rings. The standard InChI is InChI=1S/C43H49N7O6S/c1-46(2)57(53,54)49-25-23-48(24-26-49)31-17-19-32(20-18-31)56-29-38-40-36-14-7-13-34-35(15-8-27-55-39-16-6-11-30-10-4-5-12-33(30)39)42(43(51)52)50(41(34)36)22-9-21-47(3)28-37(40)44-45-38/h4-7,10-14,16-20H,8-9,15,21-29H2,1-3H3,(H,44,45)(H,51,52). The molecule has 8 rings (SSSR count). The third-order valence-corrected chi connectivity index (χ3v) is 13.0. The Labute approximate surface area is 333 Å². The van der Waals surface area contributed by atoms with Crippen molar-refractivity contribution in [2.45, 2.75) is 39.0 Å². The maximum Gasteiger partial charge on any atom is 0.352 e. The number of ether oxygens (including phenoxy) is 2. The molecule has 0 radical (unpaired) electrons. The van der Waals surface area contributed by atoms with E-state index in [1.54, 1.807) is 14.1 Å². The number of hydrogen-bond donors (Lipinski definition) is 2.